The summed E-state index contributed by atoms with van der Waals surface area (Å²) in [6.45, 7) is 0. The molecule has 0 aromatic rings. The van der Waals surface area contributed by atoms with Gasteiger partial charge in [0.15, 0.2) is 0 Å². The molecule has 0 amide bonds. The number of carboxylic acids is 2. The molecule has 0 aromatic carbocycles. The van der Waals surface area contributed by atoms with E-state index in [0.717, 1.165) is 0 Å². The average molecular weight is 353 g/mol. The van der Waals surface area contributed by atoms with Crippen LogP contribution in [0.3, 0.4) is 0 Å². The normalized spacial score (nSPS) is 24.7. The van der Waals surface area contributed by atoms with Crippen LogP contribution in [0, 0.1) is 0 Å². The first kappa shape index (κ1) is 17.3. The molecule has 0 aliphatic carbocycles. The van der Waals surface area contributed by atoms with E-state index in [2.05, 4.69) is 0 Å². The van der Waals surface area contributed by atoms with E-state index in [9.17, 15) is 19.8 Å². The summed E-state index contributed by atoms with van der Waals surface area (Å²) in [4.78, 5) is 20.0. The standard InChI is InChI=1S/2C4H4O2S2.Co/c2*5-4(6)3-1-2-7-8-3;/h2*1-3H,(H,5,6);/q;;+2/p-2. The molecule has 0 saturated carbocycles. The maximum atomic E-state index is 10.0. The van der Waals surface area contributed by atoms with E-state index in [4.69, 9.17) is 0 Å². The van der Waals surface area contributed by atoms with Gasteiger partial charge in [-0.3, -0.25) is 0 Å². The van der Waals surface area contributed by atoms with Crippen molar-refractivity contribution < 1.29 is 36.6 Å². The van der Waals surface area contributed by atoms with Gasteiger partial charge in [-0.1, -0.05) is 55.3 Å². The molecule has 17 heavy (non-hydrogen) atoms. The molecule has 4 nitrogen and oxygen atoms in total. The van der Waals surface area contributed by atoms with Gasteiger partial charge in [-0.15, -0.1) is 0 Å². The van der Waals surface area contributed by atoms with Crippen LogP contribution in [0.15, 0.2) is 23.0 Å². The summed E-state index contributed by atoms with van der Waals surface area (Å²) in [5, 5.41) is 22.7. The van der Waals surface area contributed by atoms with E-state index in [1.54, 1.807) is 23.0 Å². The minimum Gasteiger partial charge on any atom is -0.549 e. The van der Waals surface area contributed by atoms with Crippen molar-refractivity contribution in [3.63, 3.8) is 0 Å². The molecule has 0 spiro atoms. The van der Waals surface area contributed by atoms with E-state index in [1.807, 2.05) is 0 Å². The summed E-state index contributed by atoms with van der Waals surface area (Å²) >= 11 is 0. The smallest absolute Gasteiger partial charge is 0.549 e. The summed E-state index contributed by atoms with van der Waals surface area (Å²) in [5.41, 5.74) is 0. The van der Waals surface area contributed by atoms with Gasteiger partial charge in [-0.05, 0) is 10.8 Å². The maximum Gasteiger partial charge on any atom is 2.00 e. The number of carboxylic acid groups (broad SMARTS) is 2. The molecule has 0 N–H and O–H groups in total. The van der Waals surface area contributed by atoms with Crippen molar-refractivity contribution in [3.8, 4) is 0 Å². The summed E-state index contributed by atoms with van der Waals surface area (Å²) < 4.78 is 0. The second kappa shape index (κ2) is 9.28. The molecule has 0 bridgehead atoms. The van der Waals surface area contributed by atoms with E-state index in [1.165, 1.54) is 43.2 Å². The average Bonchev–Trinajstić information content (AvgIpc) is 2.93. The van der Waals surface area contributed by atoms with Crippen molar-refractivity contribution in [2.45, 2.75) is 10.5 Å². The van der Waals surface area contributed by atoms with E-state index in [-0.39, 0.29) is 16.8 Å². The molecule has 2 unspecified atom stereocenters. The Bertz CT molecular complexity index is 301. The van der Waals surface area contributed by atoms with Crippen molar-refractivity contribution in [3.05, 3.63) is 23.0 Å². The van der Waals surface area contributed by atoms with Crippen LogP contribution in [0.25, 0.3) is 0 Å². The molecule has 2 atom stereocenters. The Labute approximate surface area is 124 Å². The van der Waals surface area contributed by atoms with Gasteiger partial charge in [0, 0.05) is 0 Å². The molecular formula is C8H6CoO4S4. The fourth-order valence-electron chi connectivity index (χ4n) is 0.691. The SMILES string of the molecule is O=C([O-])C1C=CSS1.O=C([O-])C1C=CSS1.[Co+2]. The van der Waals surface area contributed by atoms with Crippen LogP contribution >= 0.6 is 43.2 Å². The second-order valence-corrected chi connectivity index (χ2v) is 7.16. The first-order valence-corrected chi connectivity index (χ1v) is 8.56. The first-order chi connectivity index (χ1) is 7.61. The van der Waals surface area contributed by atoms with Gasteiger partial charge in [0.25, 0.3) is 0 Å². The number of carbonyl (C=O) groups excluding carboxylic acids is 2. The van der Waals surface area contributed by atoms with Gasteiger partial charge in [-0.2, -0.15) is 0 Å². The van der Waals surface area contributed by atoms with Crippen LogP contribution in [-0.2, 0) is 26.4 Å². The van der Waals surface area contributed by atoms with Gasteiger partial charge < -0.3 is 19.8 Å². The van der Waals surface area contributed by atoms with Crippen molar-refractivity contribution in [1.29, 1.82) is 0 Å². The quantitative estimate of drug-likeness (QED) is 0.643. The van der Waals surface area contributed by atoms with Gasteiger partial charge >= 0.3 is 16.8 Å². The molecule has 0 saturated heterocycles. The zero-order chi connectivity index (χ0) is 12.0. The van der Waals surface area contributed by atoms with Gasteiger partial charge in [-0.25, -0.2) is 0 Å². The van der Waals surface area contributed by atoms with E-state index < -0.39 is 22.4 Å². The topological polar surface area (TPSA) is 80.3 Å². The van der Waals surface area contributed by atoms with Crippen molar-refractivity contribution in [2.24, 2.45) is 0 Å². The largest absolute Gasteiger partial charge is 2.00 e. The van der Waals surface area contributed by atoms with Crippen LogP contribution in [0.1, 0.15) is 0 Å². The van der Waals surface area contributed by atoms with Crippen molar-refractivity contribution in [2.75, 3.05) is 0 Å². The Morgan fingerprint density at radius 3 is 1.35 bits per heavy atom. The van der Waals surface area contributed by atoms with E-state index >= 15 is 0 Å². The fraction of sp³-hybridized carbons (Fsp3) is 0.250. The summed E-state index contributed by atoms with van der Waals surface area (Å²) in [6, 6.07) is 0. The molecule has 2 aliphatic heterocycles. The number of rotatable bonds is 2. The molecule has 2 rings (SSSR count). The second-order valence-electron chi connectivity index (χ2n) is 2.52. The van der Waals surface area contributed by atoms with Crippen LogP contribution in [0.4, 0.5) is 0 Å². The third-order valence-corrected chi connectivity index (χ3v) is 5.85. The molecular weight excluding hydrogens is 347 g/mol. The number of aliphatic carboxylic acids is 2. The Kier molecular flexibility index (Phi) is 9.46. The Morgan fingerprint density at radius 1 is 0.882 bits per heavy atom. The number of carbonyl (C=O) groups is 2. The molecule has 2 aliphatic rings. The zero-order valence-corrected chi connectivity index (χ0v) is 12.4. The van der Waals surface area contributed by atoms with Crippen LogP contribution in [0.5, 0.6) is 0 Å². The maximum absolute atomic E-state index is 10.0. The molecule has 0 aromatic heterocycles. The predicted octanol–water partition coefficient (Wildman–Crippen LogP) is 0.0247. The van der Waals surface area contributed by atoms with Gasteiger partial charge in [0.05, 0.1) is 22.4 Å². The van der Waals surface area contributed by atoms with E-state index in [0.29, 0.717) is 0 Å². The number of hydrogen-bond donors (Lipinski definition) is 0. The van der Waals surface area contributed by atoms with Crippen molar-refractivity contribution >= 4 is 55.1 Å². The summed E-state index contributed by atoms with van der Waals surface area (Å²) in [6.07, 6.45) is 3.23. The Morgan fingerprint density at radius 2 is 1.24 bits per heavy atom. The third kappa shape index (κ3) is 6.72. The Hall–Kier alpha value is 0.326. The zero-order valence-electron chi connectivity index (χ0n) is 8.06. The molecule has 9 heteroatoms. The first-order valence-electron chi connectivity index (χ1n) is 4.00. The number of hydrogen-bond acceptors (Lipinski definition) is 8. The fourth-order valence-corrected chi connectivity index (χ4v) is 4.49. The Balaban J connectivity index is 0.000000284. The van der Waals surface area contributed by atoms with Crippen molar-refractivity contribution in [1.82, 2.24) is 0 Å². The van der Waals surface area contributed by atoms with Crippen LogP contribution in [0.2, 0.25) is 0 Å². The minimum absolute atomic E-state index is 0. The molecule has 1 radical (unpaired) electrons. The monoisotopic (exact) mass is 353 g/mol. The van der Waals surface area contributed by atoms with Crippen LogP contribution in [-0.4, -0.2) is 22.4 Å². The minimum atomic E-state index is -1.00. The molecule has 2 heterocycles. The van der Waals surface area contributed by atoms with Crippen LogP contribution < -0.4 is 10.2 Å². The predicted molar refractivity (Wildman–Crippen MR) is 66.2 cm³/mol. The third-order valence-electron chi connectivity index (χ3n) is 1.40. The summed E-state index contributed by atoms with van der Waals surface area (Å²) in [5.74, 6) is -2.01. The molecule has 0 fully saturated rings. The van der Waals surface area contributed by atoms with Gasteiger partial charge in [0.2, 0.25) is 0 Å². The van der Waals surface area contributed by atoms with Gasteiger partial charge in [0.1, 0.15) is 0 Å². The molecule has 95 valence electrons. The summed E-state index contributed by atoms with van der Waals surface area (Å²) in [7, 11) is 5.44.